The summed E-state index contributed by atoms with van der Waals surface area (Å²) >= 11 is 0. The zero-order valence-electron chi connectivity index (χ0n) is 16.4. The fourth-order valence-corrected chi connectivity index (χ4v) is 2.95. The highest BCUT2D eigenvalue weighted by atomic mass is 16.6. The normalized spacial score (nSPS) is 12.6. The largest absolute Gasteiger partial charge is 0.486 e. The van der Waals surface area contributed by atoms with E-state index in [1.807, 2.05) is 30.1 Å². The number of hydrogen-bond acceptors (Lipinski definition) is 5. The lowest BCUT2D eigenvalue weighted by Crippen LogP contribution is -2.30. The van der Waals surface area contributed by atoms with Crippen molar-refractivity contribution in [3.05, 3.63) is 53.6 Å². The number of amides is 2. The molecule has 0 bridgehead atoms. The third-order valence-corrected chi connectivity index (χ3v) is 4.29. The molecule has 2 amide bonds. The summed E-state index contributed by atoms with van der Waals surface area (Å²) in [6.45, 7) is 1.97. The maximum Gasteiger partial charge on any atom is 0.253 e. The first-order chi connectivity index (χ1) is 13.4. The number of nitrogens with one attached hydrogen (secondary N) is 1. The number of anilines is 1. The van der Waals surface area contributed by atoms with Gasteiger partial charge in [0.2, 0.25) is 5.91 Å². The van der Waals surface area contributed by atoms with Gasteiger partial charge in [-0.15, -0.1) is 0 Å². The van der Waals surface area contributed by atoms with Crippen molar-refractivity contribution in [2.45, 2.75) is 6.54 Å². The van der Waals surface area contributed by atoms with E-state index in [-0.39, 0.29) is 18.4 Å². The molecule has 1 heterocycles. The lowest BCUT2D eigenvalue weighted by molar-refractivity contribution is -0.117. The number of likely N-dealkylation sites (N-methyl/N-ethyl adjacent to an activating group) is 1. The number of hydrogen-bond donors (Lipinski definition) is 1. The quantitative estimate of drug-likeness (QED) is 0.828. The summed E-state index contributed by atoms with van der Waals surface area (Å²) in [5.74, 6) is 1.31. The predicted octanol–water partition coefficient (Wildman–Crippen LogP) is 2.23. The van der Waals surface area contributed by atoms with Crippen molar-refractivity contribution in [1.82, 2.24) is 9.80 Å². The van der Waals surface area contributed by atoms with Crippen LogP contribution < -0.4 is 14.8 Å². The van der Waals surface area contributed by atoms with Crippen LogP contribution in [0.25, 0.3) is 0 Å². The molecule has 0 saturated heterocycles. The van der Waals surface area contributed by atoms with Gasteiger partial charge in [0.1, 0.15) is 13.2 Å². The maximum atomic E-state index is 12.3. The van der Waals surface area contributed by atoms with Gasteiger partial charge in [-0.1, -0.05) is 6.07 Å². The zero-order chi connectivity index (χ0) is 20.1. The van der Waals surface area contributed by atoms with Gasteiger partial charge in [0.05, 0.1) is 6.54 Å². The van der Waals surface area contributed by atoms with Crippen molar-refractivity contribution in [3.63, 3.8) is 0 Å². The van der Waals surface area contributed by atoms with Crippen LogP contribution in [0.3, 0.4) is 0 Å². The fourth-order valence-electron chi connectivity index (χ4n) is 2.95. The molecule has 7 nitrogen and oxygen atoms in total. The van der Waals surface area contributed by atoms with Crippen LogP contribution in [0.2, 0.25) is 0 Å². The van der Waals surface area contributed by atoms with Crippen molar-refractivity contribution < 1.29 is 19.1 Å². The lowest BCUT2D eigenvalue weighted by atomic mass is 10.2. The molecule has 1 aliphatic rings. The topological polar surface area (TPSA) is 71.1 Å². The molecule has 2 aromatic carbocycles. The first-order valence-electron chi connectivity index (χ1n) is 9.11. The van der Waals surface area contributed by atoms with Gasteiger partial charge in [-0.3, -0.25) is 14.5 Å². The zero-order valence-corrected chi connectivity index (χ0v) is 16.4. The third-order valence-electron chi connectivity index (χ3n) is 4.29. The Bertz CT molecular complexity index is 849. The van der Waals surface area contributed by atoms with Crippen molar-refractivity contribution >= 4 is 17.5 Å². The molecule has 0 aliphatic carbocycles. The van der Waals surface area contributed by atoms with Crippen LogP contribution in [0.5, 0.6) is 11.5 Å². The fraction of sp³-hybridized carbons (Fsp3) is 0.333. The number of fused-ring (bicyclic) bond motifs is 1. The molecule has 0 fully saturated rings. The Morgan fingerprint density at radius 1 is 0.964 bits per heavy atom. The van der Waals surface area contributed by atoms with E-state index in [1.165, 1.54) is 4.90 Å². The number of carbonyl (C=O) groups is 2. The van der Waals surface area contributed by atoms with E-state index in [9.17, 15) is 9.59 Å². The first kappa shape index (κ1) is 19.7. The van der Waals surface area contributed by atoms with E-state index in [1.54, 1.807) is 38.4 Å². The second-order valence-corrected chi connectivity index (χ2v) is 6.98. The summed E-state index contributed by atoms with van der Waals surface area (Å²) in [6.07, 6.45) is 0. The van der Waals surface area contributed by atoms with Crippen LogP contribution in [0.1, 0.15) is 15.9 Å². The Balaban J connectivity index is 1.52. The van der Waals surface area contributed by atoms with Crippen LogP contribution in [-0.2, 0) is 11.3 Å². The number of ether oxygens (including phenoxy) is 2. The van der Waals surface area contributed by atoms with Crippen molar-refractivity contribution in [3.8, 4) is 11.5 Å². The van der Waals surface area contributed by atoms with Crippen molar-refractivity contribution in [1.29, 1.82) is 0 Å². The second-order valence-electron chi connectivity index (χ2n) is 6.98. The van der Waals surface area contributed by atoms with E-state index in [2.05, 4.69) is 5.32 Å². The minimum atomic E-state index is -0.119. The Hall–Kier alpha value is -3.06. The van der Waals surface area contributed by atoms with Gasteiger partial charge < -0.3 is 19.7 Å². The number of nitrogens with zero attached hydrogens (tertiary/aromatic N) is 2. The third kappa shape index (κ3) is 5.01. The van der Waals surface area contributed by atoms with Crippen LogP contribution in [0, 0.1) is 0 Å². The smallest absolute Gasteiger partial charge is 0.253 e. The summed E-state index contributed by atoms with van der Waals surface area (Å²) in [7, 11) is 5.29. The van der Waals surface area contributed by atoms with Crippen LogP contribution in [0.15, 0.2) is 42.5 Å². The first-order valence-corrected chi connectivity index (χ1v) is 9.11. The van der Waals surface area contributed by atoms with E-state index in [0.29, 0.717) is 31.0 Å². The molecule has 0 spiro atoms. The molecule has 1 aliphatic heterocycles. The number of rotatable bonds is 6. The SMILES string of the molecule is CN(CC(=O)Nc1ccc(C(=O)N(C)C)cc1)Cc1ccc2c(c1)OCCO2. The average Bonchev–Trinajstić information content (AvgIpc) is 2.67. The monoisotopic (exact) mass is 383 g/mol. The van der Waals surface area contributed by atoms with Crippen LogP contribution >= 0.6 is 0 Å². The maximum absolute atomic E-state index is 12.3. The van der Waals surface area contributed by atoms with E-state index >= 15 is 0 Å². The highest BCUT2D eigenvalue weighted by Gasteiger charge is 2.14. The van der Waals surface area contributed by atoms with Crippen LogP contribution in [0.4, 0.5) is 5.69 Å². The molecule has 148 valence electrons. The molecular weight excluding hydrogens is 358 g/mol. The second kappa shape index (κ2) is 8.75. The van der Waals surface area contributed by atoms with Gasteiger partial charge in [0.15, 0.2) is 11.5 Å². The predicted molar refractivity (Wildman–Crippen MR) is 107 cm³/mol. The van der Waals surface area contributed by atoms with Gasteiger partial charge in [-0.2, -0.15) is 0 Å². The lowest BCUT2D eigenvalue weighted by Gasteiger charge is -2.21. The van der Waals surface area contributed by atoms with Gasteiger partial charge in [-0.05, 0) is 49.0 Å². The molecule has 7 heteroatoms. The summed E-state index contributed by atoms with van der Waals surface area (Å²) in [6, 6.07) is 12.7. The Labute approximate surface area is 164 Å². The van der Waals surface area contributed by atoms with Gasteiger partial charge in [-0.25, -0.2) is 0 Å². The molecule has 3 rings (SSSR count). The number of carbonyl (C=O) groups excluding carboxylic acids is 2. The summed E-state index contributed by atoms with van der Waals surface area (Å²) in [4.78, 5) is 27.6. The molecule has 0 radical (unpaired) electrons. The Kier molecular flexibility index (Phi) is 6.16. The van der Waals surface area contributed by atoms with Crippen LogP contribution in [-0.4, -0.2) is 62.5 Å². The van der Waals surface area contributed by atoms with Gasteiger partial charge in [0.25, 0.3) is 5.91 Å². The molecular formula is C21H25N3O4. The Morgan fingerprint density at radius 3 is 2.32 bits per heavy atom. The van der Waals surface area contributed by atoms with E-state index < -0.39 is 0 Å². The van der Waals surface area contributed by atoms with E-state index in [0.717, 1.165) is 17.1 Å². The summed E-state index contributed by atoms with van der Waals surface area (Å²) in [5, 5.41) is 2.85. The molecule has 0 saturated carbocycles. The summed E-state index contributed by atoms with van der Waals surface area (Å²) < 4.78 is 11.1. The molecule has 1 N–H and O–H groups in total. The molecule has 0 unspecified atom stereocenters. The molecule has 28 heavy (non-hydrogen) atoms. The minimum Gasteiger partial charge on any atom is -0.486 e. The molecule has 0 atom stereocenters. The Morgan fingerprint density at radius 2 is 1.64 bits per heavy atom. The molecule has 2 aromatic rings. The van der Waals surface area contributed by atoms with Crippen molar-refractivity contribution in [2.75, 3.05) is 46.2 Å². The highest BCUT2D eigenvalue weighted by Crippen LogP contribution is 2.31. The summed E-state index contributed by atoms with van der Waals surface area (Å²) in [5.41, 5.74) is 2.29. The minimum absolute atomic E-state index is 0.0722. The average molecular weight is 383 g/mol. The van der Waals surface area contributed by atoms with Gasteiger partial charge in [0, 0.05) is 31.9 Å². The van der Waals surface area contributed by atoms with Crippen molar-refractivity contribution in [2.24, 2.45) is 0 Å². The highest BCUT2D eigenvalue weighted by molar-refractivity contribution is 5.96. The number of benzene rings is 2. The standard InChI is InChI=1S/C21H25N3O4/c1-23(2)21(26)16-5-7-17(8-6-16)22-20(25)14-24(3)13-15-4-9-18-19(12-15)28-11-10-27-18/h4-9,12H,10-11,13-14H2,1-3H3,(H,22,25). The van der Waals surface area contributed by atoms with Gasteiger partial charge >= 0.3 is 0 Å². The van der Waals surface area contributed by atoms with E-state index in [4.69, 9.17) is 9.47 Å². The molecule has 0 aromatic heterocycles.